The molecule has 0 saturated heterocycles. The highest BCUT2D eigenvalue weighted by Crippen LogP contribution is 2.37. The van der Waals surface area contributed by atoms with E-state index in [0.717, 1.165) is 27.9 Å². The third-order valence-corrected chi connectivity index (χ3v) is 5.15. The second kappa shape index (κ2) is 9.79. The van der Waals surface area contributed by atoms with Crippen molar-refractivity contribution in [3.05, 3.63) is 92.9 Å². The van der Waals surface area contributed by atoms with Crippen LogP contribution in [-0.2, 0) is 19.7 Å². The van der Waals surface area contributed by atoms with Crippen LogP contribution in [0.2, 0.25) is 5.02 Å². The van der Waals surface area contributed by atoms with Crippen molar-refractivity contribution in [1.82, 2.24) is 5.32 Å². The minimum Gasteiger partial charge on any atom is -0.493 e. The molecule has 0 heterocycles. The molecule has 0 fully saturated rings. The molecular weight excluding hydrogens is 426 g/mol. The molecule has 0 amide bonds. The molecule has 0 bridgehead atoms. The molecule has 0 aromatic heterocycles. The summed E-state index contributed by atoms with van der Waals surface area (Å²) in [7, 11) is 1.65. The lowest BCUT2D eigenvalue weighted by Crippen LogP contribution is -2.14. The summed E-state index contributed by atoms with van der Waals surface area (Å²) in [5, 5.41) is 4.19. The number of halogens is 2. The Labute approximate surface area is 173 Å². The van der Waals surface area contributed by atoms with E-state index in [1.807, 2.05) is 54.6 Å². The Balaban J connectivity index is 1.74. The predicted molar refractivity (Wildman–Crippen MR) is 113 cm³/mol. The maximum atomic E-state index is 6.13. The van der Waals surface area contributed by atoms with Crippen LogP contribution in [0.4, 0.5) is 0 Å². The fourth-order valence-corrected chi connectivity index (χ4v) is 3.31. The van der Waals surface area contributed by atoms with Gasteiger partial charge >= 0.3 is 0 Å². The lowest BCUT2D eigenvalue weighted by atomic mass is 10.1. The van der Waals surface area contributed by atoms with Crippen molar-refractivity contribution >= 4 is 27.5 Å². The second-order valence-electron chi connectivity index (χ2n) is 6.06. The second-order valence-corrected chi connectivity index (χ2v) is 7.35. The van der Waals surface area contributed by atoms with Crippen molar-refractivity contribution in [2.75, 3.05) is 7.11 Å². The Morgan fingerprint density at radius 1 is 0.889 bits per heavy atom. The van der Waals surface area contributed by atoms with E-state index in [2.05, 4.69) is 33.4 Å². The van der Waals surface area contributed by atoms with Crippen molar-refractivity contribution in [3.8, 4) is 11.5 Å². The van der Waals surface area contributed by atoms with Crippen molar-refractivity contribution in [1.29, 1.82) is 0 Å². The summed E-state index contributed by atoms with van der Waals surface area (Å²) < 4.78 is 12.6. The average Bonchev–Trinajstić information content (AvgIpc) is 2.70. The molecule has 5 heteroatoms. The van der Waals surface area contributed by atoms with Crippen LogP contribution in [0.15, 0.2) is 71.2 Å². The van der Waals surface area contributed by atoms with E-state index in [-0.39, 0.29) is 0 Å². The van der Waals surface area contributed by atoms with Crippen LogP contribution in [-0.4, -0.2) is 7.11 Å². The highest BCUT2D eigenvalue weighted by Gasteiger charge is 2.15. The van der Waals surface area contributed by atoms with E-state index in [9.17, 15) is 0 Å². The molecule has 3 aromatic rings. The van der Waals surface area contributed by atoms with Gasteiger partial charge in [-0.15, -0.1) is 0 Å². The van der Waals surface area contributed by atoms with E-state index in [4.69, 9.17) is 21.1 Å². The summed E-state index contributed by atoms with van der Waals surface area (Å²) in [6.07, 6.45) is 0. The van der Waals surface area contributed by atoms with Gasteiger partial charge in [0.2, 0.25) is 0 Å². The van der Waals surface area contributed by atoms with E-state index in [1.165, 1.54) is 5.56 Å². The molecule has 0 spiro atoms. The van der Waals surface area contributed by atoms with Gasteiger partial charge in [0.15, 0.2) is 11.5 Å². The van der Waals surface area contributed by atoms with Crippen LogP contribution < -0.4 is 14.8 Å². The van der Waals surface area contributed by atoms with Crippen molar-refractivity contribution in [2.24, 2.45) is 0 Å². The van der Waals surface area contributed by atoms with Gasteiger partial charge in [-0.2, -0.15) is 0 Å². The zero-order valence-corrected chi connectivity index (χ0v) is 17.4. The first-order valence-corrected chi connectivity index (χ1v) is 9.81. The molecule has 0 atom stereocenters. The van der Waals surface area contributed by atoms with Gasteiger partial charge in [0.25, 0.3) is 0 Å². The Morgan fingerprint density at radius 3 is 2.33 bits per heavy atom. The fraction of sp³-hybridized carbons (Fsp3) is 0.182. The van der Waals surface area contributed by atoms with Crippen LogP contribution in [0.3, 0.4) is 0 Å². The minimum absolute atomic E-state index is 0.440. The van der Waals surface area contributed by atoms with Gasteiger partial charge in [-0.05, 0) is 35.4 Å². The molecule has 0 saturated carbocycles. The van der Waals surface area contributed by atoms with Crippen LogP contribution in [0.25, 0.3) is 0 Å². The SMILES string of the molecule is COc1ccc(Br)c(CNCc2ccccc2)c1OCc1ccc(Cl)cc1. The maximum absolute atomic E-state index is 6.13. The van der Waals surface area contributed by atoms with Gasteiger partial charge < -0.3 is 14.8 Å². The van der Waals surface area contributed by atoms with Crippen molar-refractivity contribution < 1.29 is 9.47 Å². The normalized spacial score (nSPS) is 10.6. The Kier molecular flexibility index (Phi) is 7.16. The summed E-state index contributed by atoms with van der Waals surface area (Å²) in [4.78, 5) is 0. The number of ether oxygens (including phenoxy) is 2. The summed E-state index contributed by atoms with van der Waals surface area (Å²) in [5.74, 6) is 1.45. The van der Waals surface area contributed by atoms with Gasteiger partial charge in [-0.3, -0.25) is 0 Å². The summed E-state index contributed by atoms with van der Waals surface area (Å²) in [5.41, 5.74) is 3.31. The number of hydrogen-bond acceptors (Lipinski definition) is 3. The molecule has 0 aliphatic rings. The summed E-state index contributed by atoms with van der Waals surface area (Å²) >= 11 is 9.59. The van der Waals surface area contributed by atoms with Gasteiger partial charge in [0, 0.05) is 28.1 Å². The Morgan fingerprint density at radius 2 is 1.63 bits per heavy atom. The smallest absolute Gasteiger partial charge is 0.167 e. The number of hydrogen-bond donors (Lipinski definition) is 1. The van der Waals surface area contributed by atoms with Crippen molar-refractivity contribution in [2.45, 2.75) is 19.7 Å². The van der Waals surface area contributed by atoms with Gasteiger partial charge in [-0.1, -0.05) is 70.0 Å². The van der Waals surface area contributed by atoms with Crippen LogP contribution in [0, 0.1) is 0 Å². The van der Waals surface area contributed by atoms with Gasteiger partial charge in [0.05, 0.1) is 7.11 Å². The van der Waals surface area contributed by atoms with Gasteiger partial charge in [-0.25, -0.2) is 0 Å². The Hall–Kier alpha value is -2.01. The highest BCUT2D eigenvalue weighted by atomic mass is 79.9. The lowest BCUT2D eigenvalue weighted by Gasteiger charge is -2.17. The molecular formula is C22H21BrClNO2. The quantitative estimate of drug-likeness (QED) is 0.462. The molecule has 3 aromatic carbocycles. The molecule has 0 radical (unpaired) electrons. The average molecular weight is 447 g/mol. The predicted octanol–water partition coefficient (Wildman–Crippen LogP) is 5.98. The molecule has 27 heavy (non-hydrogen) atoms. The van der Waals surface area contributed by atoms with Gasteiger partial charge in [0.1, 0.15) is 6.61 Å². The molecule has 0 unspecified atom stereocenters. The molecule has 3 rings (SSSR count). The number of rotatable bonds is 8. The van der Waals surface area contributed by atoms with E-state index >= 15 is 0 Å². The number of nitrogens with one attached hydrogen (secondary N) is 1. The van der Waals surface area contributed by atoms with Crippen molar-refractivity contribution in [3.63, 3.8) is 0 Å². The molecule has 0 aliphatic heterocycles. The largest absolute Gasteiger partial charge is 0.493 e. The summed E-state index contributed by atoms with van der Waals surface area (Å²) in [6, 6.07) is 21.8. The topological polar surface area (TPSA) is 30.5 Å². The number of benzene rings is 3. The van der Waals surface area contributed by atoms with Crippen LogP contribution >= 0.6 is 27.5 Å². The van der Waals surface area contributed by atoms with Crippen LogP contribution in [0.1, 0.15) is 16.7 Å². The third-order valence-electron chi connectivity index (χ3n) is 4.16. The summed E-state index contributed by atoms with van der Waals surface area (Å²) in [6.45, 7) is 1.87. The first-order chi connectivity index (χ1) is 13.2. The van der Waals surface area contributed by atoms with E-state index < -0.39 is 0 Å². The fourth-order valence-electron chi connectivity index (χ4n) is 2.73. The molecule has 140 valence electrons. The van der Waals surface area contributed by atoms with E-state index in [0.29, 0.717) is 23.9 Å². The zero-order chi connectivity index (χ0) is 19.1. The first kappa shape index (κ1) is 19.7. The first-order valence-electron chi connectivity index (χ1n) is 8.64. The Bertz CT molecular complexity index is 869. The van der Waals surface area contributed by atoms with E-state index in [1.54, 1.807) is 7.11 Å². The monoisotopic (exact) mass is 445 g/mol. The molecule has 3 nitrogen and oxygen atoms in total. The highest BCUT2D eigenvalue weighted by molar-refractivity contribution is 9.10. The standard InChI is InChI=1S/C22H21BrClNO2/c1-26-21-12-11-20(23)19(14-25-13-16-5-3-2-4-6-16)22(21)27-15-17-7-9-18(24)10-8-17/h2-12,25H,13-15H2,1H3. The lowest BCUT2D eigenvalue weighted by molar-refractivity contribution is 0.280. The van der Waals surface area contributed by atoms with Crippen LogP contribution in [0.5, 0.6) is 11.5 Å². The molecule has 0 aliphatic carbocycles. The third kappa shape index (κ3) is 5.48. The number of methoxy groups -OCH3 is 1. The minimum atomic E-state index is 0.440. The maximum Gasteiger partial charge on any atom is 0.167 e. The molecule has 1 N–H and O–H groups in total. The zero-order valence-electron chi connectivity index (χ0n) is 15.0.